The molecule has 1 aromatic heterocycles. The molecule has 1 saturated heterocycles. The van der Waals surface area contributed by atoms with Gasteiger partial charge in [0.15, 0.2) is 0 Å². The third-order valence-electron chi connectivity index (χ3n) is 6.98. The average Bonchev–Trinajstić information content (AvgIpc) is 2.90. The molecule has 0 radical (unpaired) electrons. The number of methoxy groups -OCH3 is 1. The van der Waals surface area contributed by atoms with E-state index in [1.54, 1.807) is 32.4 Å². The number of alkyl halides is 1. The molecule has 1 fully saturated rings. The lowest BCUT2D eigenvalue weighted by Gasteiger charge is -2.33. The van der Waals surface area contributed by atoms with Crippen molar-refractivity contribution >= 4 is 50.0 Å². The molecule has 210 valence electrons. The van der Waals surface area contributed by atoms with E-state index >= 15 is 0 Å². The van der Waals surface area contributed by atoms with Gasteiger partial charge in [0.05, 0.1) is 23.9 Å². The van der Waals surface area contributed by atoms with E-state index < -0.39 is 10.0 Å². The van der Waals surface area contributed by atoms with Crippen LogP contribution in [0.15, 0.2) is 35.4 Å². The molecule has 0 atom stereocenters. The van der Waals surface area contributed by atoms with Gasteiger partial charge in [0.25, 0.3) is 0 Å². The Labute approximate surface area is 241 Å². The third kappa shape index (κ3) is 8.03. The molecule has 1 aliphatic heterocycles. The summed E-state index contributed by atoms with van der Waals surface area (Å²) < 4.78 is 33.7. The van der Waals surface area contributed by atoms with Gasteiger partial charge in [0, 0.05) is 37.5 Å². The van der Waals surface area contributed by atoms with Gasteiger partial charge in [-0.2, -0.15) is 0 Å². The van der Waals surface area contributed by atoms with Crippen molar-refractivity contribution in [2.24, 2.45) is 5.92 Å². The van der Waals surface area contributed by atoms with Gasteiger partial charge >= 0.3 is 0 Å². The molecule has 11 heteroatoms. The average molecular weight is 658 g/mol. The summed E-state index contributed by atoms with van der Waals surface area (Å²) in [7, 11) is 3.53. The fraction of sp³-hybridized carbons (Fsp3) is 0.556. The Morgan fingerprint density at radius 2 is 1.89 bits per heavy atom. The van der Waals surface area contributed by atoms with E-state index in [4.69, 9.17) is 4.74 Å². The summed E-state index contributed by atoms with van der Waals surface area (Å²) in [5.74, 6) is 2.04. The van der Waals surface area contributed by atoms with Crippen LogP contribution in [-0.2, 0) is 19.2 Å². The van der Waals surface area contributed by atoms with Crippen LogP contribution in [0.4, 0.5) is 11.5 Å². The summed E-state index contributed by atoms with van der Waals surface area (Å²) in [6, 6.07) is 7.25. The quantitative estimate of drug-likeness (QED) is 0.271. The number of ether oxygens (including phenoxy) is 1. The predicted molar refractivity (Wildman–Crippen MR) is 161 cm³/mol. The first-order chi connectivity index (χ1) is 18.0. The minimum Gasteiger partial charge on any atom is -0.497 e. The van der Waals surface area contributed by atoms with Crippen LogP contribution >= 0.6 is 22.6 Å². The number of rotatable bonds is 12. The normalized spacial score (nSPS) is 14.8. The maximum atomic E-state index is 13.3. The van der Waals surface area contributed by atoms with Crippen molar-refractivity contribution in [3.8, 4) is 5.75 Å². The maximum Gasteiger partial charge on any atom is 0.243 e. The molecule has 0 bridgehead atoms. The number of anilines is 2. The molecule has 1 aromatic carbocycles. The molecule has 0 aliphatic carbocycles. The molecule has 0 unspecified atom stereocenters. The number of pyridine rings is 1. The van der Waals surface area contributed by atoms with E-state index in [0.717, 1.165) is 31.4 Å². The lowest BCUT2D eigenvalue weighted by molar-refractivity contribution is -0.116. The number of carbonyl (C=O) groups excluding carboxylic acids is 1. The second-order valence-corrected chi connectivity index (χ2v) is 12.9. The number of aryl methyl sites for hydroxylation is 1. The highest BCUT2D eigenvalue weighted by molar-refractivity contribution is 14.1. The van der Waals surface area contributed by atoms with Crippen LogP contribution in [-0.4, -0.2) is 82.9 Å². The highest BCUT2D eigenvalue weighted by atomic mass is 127. The smallest absolute Gasteiger partial charge is 0.243 e. The Hall–Kier alpha value is -1.96. The Morgan fingerprint density at radius 1 is 1.18 bits per heavy atom. The first-order valence-electron chi connectivity index (χ1n) is 12.9. The van der Waals surface area contributed by atoms with Crippen LogP contribution in [0.5, 0.6) is 5.75 Å². The molecule has 1 N–H and O–H groups in total. The number of halogens is 1. The number of hydrogen-bond donors (Lipinski definition) is 1. The second kappa shape index (κ2) is 13.9. The number of carbonyl (C=O) groups is 1. The van der Waals surface area contributed by atoms with Crippen molar-refractivity contribution in [2.45, 2.75) is 41.9 Å². The van der Waals surface area contributed by atoms with Crippen molar-refractivity contribution < 1.29 is 17.9 Å². The molecule has 0 spiro atoms. The van der Waals surface area contributed by atoms with Gasteiger partial charge in [-0.1, -0.05) is 22.6 Å². The van der Waals surface area contributed by atoms with Gasteiger partial charge < -0.3 is 19.9 Å². The van der Waals surface area contributed by atoms with E-state index in [2.05, 4.69) is 56.8 Å². The largest absolute Gasteiger partial charge is 0.497 e. The Morgan fingerprint density at radius 3 is 2.47 bits per heavy atom. The summed E-state index contributed by atoms with van der Waals surface area (Å²) in [5, 5.41) is 2.84. The standard InChI is InChI=1S/C27H40IN5O4S/c1-20-16-24(37-5)17-22(18-28)27(20)38(35,36)32(4)13-11-26(34)30-23-6-7-25(29-19-23)33-14-9-21(10-15-33)8-12-31(2)3/h6-7,16-17,19,21H,8-15,18H2,1-5H3,(H,30,34). The summed E-state index contributed by atoms with van der Waals surface area (Å²) in [6.45, 7) is 4.93. The number of nitrogens with one attached hydrogen (secondary N) is 1. The van der Waals surface area contributed by atoms with E-state index in [-0.39, 0.29) is 23.8 Å². The fourth-order valence-electron chi connectivity index (χ4n) is 4.69. The van der Waals surface area contributed by atoms with E-state index in [9.17, 15) is 13.2 Å². The van der Waals surface area contributed by atoms with Gasteiger partial charge in [-0.15, -0.1) is 0 Å². The van der Waals surface area contributed by atoms with Crippen LogP contribution in [0.3, 0.4) is 0 Å². The first kappa shape index (κ1) is 30.6. The van der Waals surface area contributed by atoms with Gasteiger partial charge in [-0.05, 0) is 88.1 Å². The van der Waals surface area contributed by atoms with Crippen molar-refractivity contribution in [3.63, 3.8) is 0 Å². The number of aromatic nitrogens is 1. The fourth-order valence-corrected chi connectivity index (χ4v) is 7.13. The van der Waals surface area contributed by atoms with Gasteiger partial charge in [-0.3, -0.25) is 4.79 Å². The third-order valence-corrected chi connectivity index (χ3v) is 9.91. The molecular weight excluding hydrogens is 617 g/mol. The summed E-state index contributed by atoms with van der Waals surface area (Å²) in [6.07, 6.45) is 5.26. The number of piperidine rings is 1. The lowest BCUT2D eigenvalue weighted by Crippen LogP contribution is -2.35. The zero-order valence-electron chi connectivity index (χ0n) is 23.0. The molecule has 1 amide bonds. The minimum absolute atomic E-state index is 0.0344. The molecule has 0 saturated carbocycles. The molecular formula is C27H40IN5O4S. The summed E-state index contributed by atoms with van der Waals surface area (Å²) in [4.78, 5) is 22.0. The number of benzene rings is 1. The van der Waals surface area contributed by atoms with Crippen molar-refractivity contribution in [2.75, 3.05) is 64.6 Å². The number of nitrogens with zero attached hydrogens (tertiary/aromatic N) is 4. The monoisotopic (exact) mass is 657 g/mol. The Balaban J connectivity index is 1.52. The molecule has 9 nitrogen and oxygen atoms in total. The Bertz CT molecular complexity index is 1180. The first-order valence-corrected chi connectivity index (χ1v) is 15.9. The Kier molecular flexibility index (Phi) is 11.2. The van der Waals surface area contributed by atoms with Crippen LogP contribution in [0.25, 0.3) is 0 Å². The zero-order chi connectivity index (χ0) is 27.9. The molecule has 2 heterocycles. The van der Waals surface area contributed by atoms with Crippen LogP contribution in [0.2, 0.25) is 0 Å². The summed E-state index contributed by atoms with van der Waals surface area (Å²) in [5.41, 5.74) is 1.90. The van der Waals surface area contributed by atoms with Crippen LogP contribution in [0.1, 0.15) is 36.8 Å². The minimum atomic E-state index is -3.76. The van der Waals surface area contributed by atoms with Gasteiger partial charge in [-0.25, -0.2) is 17.7 Å². The van der Waals surface area contributed by atoms with E-state index in [1.165, 1.54) is 30.6 Å². The van der Waals surface area contributed by atoms with Gasteiger partial charge in [0.2, 0.25) is 15.9 Å². The maximum absolute atomic E-state index is 13.3. The zero-order valence-corrected chi connectivity index (χ0v) is 26.0. The SMILES string of the molecule is COc1cc(C)c(S(=O)(=O)N(C)CCC(=O)Nc2ccc(N3CCC(CCN(C)C)CC3)nc2)c(CI)c1. The van der Waals surface area contributed by atoms with E-state index in [1.807, 2.05) is 12.1 Å². The van der Waals surface area contributed by atoms with E-state index in [0.29, 0.717) is 27.0 Å². The van der Waals surface area contributed by atoms with Crippen LogP contribution in [0, 0.1) is 12.8 Å². The highest BCUT2D eigenvalue weighted by Crippen LogP contribution is 2.30. The number of amides is 1. The molecule has 38 heavy (non-hydrogen) atoms. The highest BCUT2D eigenvalue weighted by Gasteiger charge is 2.27. The summed E-state index contributed by atoms with van der Waals surface area (Å²) >= 11 is 2.15. The number of sulfonamides is 1. The van der Waals surface area contributed by atoms with Crippen molar-refractivity contribution in [3.05, 3.63) is 41.6 Å². The second-order valence-electron chi connectivity index (χ2n) is 10.1. The predicted octanol–water partition coefficient (Wildman–Crippen LogP) is 4.15. The molecule has 3 rings (SSSR count). The van der Waals surface area contributed by atoms with Crippen molar-refractivity contribution in [1.82, 2.24) is 14.2 Å². The van der Waals surface area contributed by atoms with Crippen molar-refractivity contribution in [1.29, 1.82) is 0 Å². The number of hydrogen-bond acceptors (Lipinski definition) is 7. The molecule has 2 aromatic rings. The van der Waals surface area contributed by atoms with Crippen LogP contribution < -0.4 is 15.0 Å². The topological polar surface area (TPSA) is 95.1 Å². The van der Waals surface area contributed by atoms with Gasteiger partial charge in [0.1, 0.15) is 11.6 Å². The molecule has 1 aliphatic rings. The lowest BCUT2D eigenvalue weighted by atomic mass is 9.93.